The van der Waals surface area contributed by atoms with Crippen LogP contribution >= 0.6 is 0 Å². The molecule has 0 atom stereocenters. The van der Waals surface area contributed by atoms with Gasteiger partial charge in [0.25, 0.3) is 0 Å². The second kappa shape index (κ2) is 12.6. The van der Waals surface area contributed by atoms with E-state index in [1.54, 1.807) is 38.5 Å². The van der Waals surface area contributed by atoms with Crippen molar-refractivity contribution in [3.05, 3.63) is 36.4 Å². The Morgan fingerprint density at radius 2 is 0.407 bits per heavy atom. The van der Waals surface area contributed by atoms with Crippen molar-refractivity contribution in [1.29, 1.82) is 0 Å². The van der Waals surface area contributed by atoms with E-state index >= 15 is 0 Å². The van der Waals surface area contributed by atoms with Gasteiger partial charge in [0.1, 0.15) is 0 Å². The van der Waals surface area contributed by atoms with Crippen LogP contribution in [0.4, 0.5) is 0 Å². The van der Waals surface area contributed by atoms with Crippen LogP contribution in [0.25, 0.3) is 0 Å². The molecule has 6 fully saturated rings. The monoisotopic (exact) mass is 368 g/mol. The van der Waals surface area contributed by atoms with Gasteiger partial charge in [0.05, 0.1) is 0 Å². The van der Waals surface area contributed by atoms with E-state index in [1.807, 2.05) is 36.4 Å². The minimum atomic E-state index is 1.18. The molecule has 0 heterocycles. The molecule has 152 valence electrons. The minimum absolute atomic E-state index is 1.18. The molecule has 0 radical (unpaired) electrons. The maximum atomic E-state index is 2.00. The topological polar surface area (TPSA) is 0 Å². The molecule has 7 rings (SSSR count). The number of rotatable bonds is 0. The maximum Gasteiger partial charge on any atom is -0.0406 e. The summed E-state index contributed by atoms with van der Waals surface area (Å²) in [5, 5.41) is 0. The summed E-state index contributed by atoms with van der Waals surface area (Å²) in [4.78, 5) is 0. The van der Waals surface area contributed by atoms with Crippen LogP contribution in [0.2, 0.25) is 0 Å². The predicted octanol–water partition coefficient (Wildman–Crippen LogP) is 8.81. The lowest BCUT2D eigenvalue weighted by molar-refractivity contribution is 0.0198. The Morgan fingerprint density at radius 1 is 0.259 bits per heavy atom. The zero-order valence-corrected chi connectivity index (χ0v) is 17.8. The third-order valence-electron chi connectivity index (χ3n) is 7.42. The molecule has 1 aromatic carbocycles. The predicted molar refractivity (Wildman–Crippen MR) is 119 cm³/mol. The van der Waals surface area contributed by atoms with E-state index in [-0.39, 0.29) is 0 Å². The fraction of sp³-hybridized carbons (Fsp3) is 0.778. The second-order valence-electron chi connectivity index (χ2n) is 9.92. The van der Waals surface area contributed by atoms with Crippen LogP contribution in [0.3, 0.4) is 0 Å². The normalized spacial score (nSPS) is 32.9. The molecule has 0 amide bonds. The SMILES string of the molecule is C1C2CC3CC1CC(C2)C3.C1CCCC1.C1CCCCC1.c1ccccc1. The Morgan fingerprint density at radius 3 is 0.556 bits per heavy atom. The van der Waals surface area contributed by atoms with Gasteiger partial charge in [-0.2, -0.15) is 0 Å². The number of hydrogen-bond donors (Lipinski definition) is 0. The largest absolute Gasteiger partial charge is 0.0623 e. The molecule has 0 heteroatoms. The van der Waals surface area contributed by atoms with Gasteiger partial charge in [0, 0.05) is 0 Å². The molecule has 4 bridgehead atoms. The Hall–Kier alpha value is -0.780. The van der Waals surface area contributed by atoms with Crippen LogP contribution in [0, 0.1) is 23.7 Å². The first kappa shape index (κ1) is 20.9. The van der Waals surface area contributed by atoms with Gasteiger partial charge in [-0.05, 0) is 62.2 Å². The summed E-state index contributed by atoms with van der Waals surface area (Å²) < 4.78 is 0. The van der Waals surface area contributed by atoms with E-state index in [4.69, 9.17) is 0 Å². The van der Waals surface area contributed by atoms with Gasteiger partial charge >= 0.3 is 0 Å². The highest BCUT2D eigenvalue weighted by Gasteiger charge is 2.41. The molecule has 27 heavy (non-hydrogen) atoms. The zero-order valence-electron chi connectivity index (χ0n) is 17.8. The molecule has 6 saturated carbocycles. The number of hydrogen-bond acceptors (Lipinski definition) is 0. The van der Waals surface area contributed by atoms with Gasteiger partial charge in [-0.3, -0.25) is 0 Å². The summed E-state index contributed by atoms with van der Waals surface area (Å²) >= 11 is 0. The third kappa shape index (κ3) is 8.41. The van der Waals surface area contributed by atoms with E-state index in [9.17, 15) is 0 Å². The summed E-state index contributed by atoms with van der Waals surface area (Å²) in [5.41, 5.74) is 0. The van der Waals surface area contributed by atoms with Crippen molar-refractivity contribution in [3.8, 4) is 0 Å². The molecular weight excluding hydrogens is 324 g/mol. The molecule has 0 aliphatic heterocycles. The fourth-order valence-electron chi connectivity index (χ4n) is 6.31. The third-order valence-corrected chi connectivity index (χ3v) is 7.42. The minimum Gasteiger partial charge on any atom is -0.0623 e. The van der Waals surface area contributed by atoms with Gasteiger partial charge in [-0.25, -0.2) is 0 Å². The summed E-state index contributed by atoms with van der Waals surface area (Å²) in [7, 11) is 0. The standard InChI is InChI=1S/C10H16.C6H12.C6H6.C5H10/c1-7-2-9-4-8(1)5-10(3-7)6-9;2*1-2-4-6-5-3-1;1-2-4-5-3-1/h7-10H,1-6H2;1-6H2;1-6H;1-5H2. The van der Waals surface area contributed by atoms with Crippen molar-refractivity contribution in [3.63, 3.8) is 0 Å². The quantitative estimate of drug-likeness (QED) is 0.429. The number of benzene rings is 1. The van der Waals surface area contributed by atoms with Gasteiger partial charge in [0.15, 0.2) is 0 Å². The van der Waals surface area contributed by atoms with Gasteiger partial charge < -0.3 is 0 Å². The van der Waals surface area contributed by atoms with Crippen LogP contribution in [-0.2, 0) is 0 Å². The lowest BCUT2D eigenvalue weighted by Crippen LogP contribution is -2.38. The van der Waals surface area contributed by atoms with Crippen molar-refractivity contribution in [2.75, 3.05) is 0 Å². The average molecular weight is 369 g/mol. The van der Waals surface area contributed by atoms with Crippen LogP contribution in [0.15, 0.2) is 36.4 Å². The van der Waals surface area contributed by atoms with Crippen molar-refractivity contribution >= 4 is 0 Å². The van der Waals surface area contributed by atoms with E-state index < -0.39 is 0 Å². The van der Waals surface area contributed by atoms with Crippen molar-refractivity contribution in [2.24, 2.45) is 23.7 Å². The Bertz CT molecular complexity index is 352. The van der Waals surface area contributed by atoms with Gasteiger partial charge in [-0.1, -0.05) is 107 Å². The molecule has 0 aromatic heterocycles. The molecule has 1 aromatic rings. The molecule has 0 nitrogen and oxygen atoms in total. The zero-order chi connectivity index (χ0) is 18.6. The van der Waals surface area contributed by atoms with Crippen LogP contribution in [-0.4, -0.2) is 0 Å². The van der Waals surface area contributed by atoms with E-state index in [0.717, 1.165) is 0 Å². The summed E-state index contributed by atoms with van der Waals surface area (Å²) in [6.45, 7) is 0. The first-order valence-electron chi connectivity index (χ1n) is 12.4. The Balaban J connectivity index is 0.000000109. The molecule has 0 saturated heterocycles. The maximum absolute atomic E-state index is 2.00. The first-order chi connectivity index (χ1) is 13.4. The molecule has 0 unspecified atom stereocenters. The van der Waals surface area contributed by atoms with Gasteiger partial charge in [0.2, 0.25) is 0 Å². The van der Waals surface area contributed by atoms with E-state index in [1.165, 1.54) is 94.3 Å². The van der Waals surface area contributed by atoms with Crippen LogP contribution in [0.1, 0.15) is 109 Å². The second-order valence-corrected chi connectivity index (χ2v) is 9.92. The first-order valence-corrected chi connectivity index (χ1v) is 12.4. The molecular formula is C27H44. The molecule has 0 spiro atoms. The van der Waals surface area contributed by atoms with Gasteiger partial charge in [-0.15, -0.1) is 0 Å². The summed E-state index contributed by atoms with van der Waals surface area (Å²) in [6.07, 6.45) is 26.1. The molecule has 6 aliphatic rings. The van der Waals surface area contributed by atoms with Crippen LogP contribution < -0.4 is 0 Å². The highest BCUT2D eigenvalue weighted by Crippen LogP contribution is 2.53. The molecule has 6 aliphatic carbocycles. The highest BCUT2D eigenvalue weighted by atomic mass is 14.5. The van der Waals surface area contributed by atoms with Crippen molar-refractivity contribution in [1.82, 2.24) is 0 Å². The molecule has 0 N–H and O–H groups in total. The average Bonchev–Trinajstić information content (AvgIpc) is 3.31. The Kier molecular flexibility index (Phi) is 9.80. The fourth-order valence-corrected chi connectivity index (χ4v) is 6.31. The van der Waals surface area contributed by atoms with Crippen LogP contribution in [0.5, 0.6) is 0 Å². The summed E-state index contributed by atoms with van der Waals surface area (Å²) in [5.74, 6) is 4.71. The lowest BCUT2D eigenvalue weighted by atomic mass is 9.56. The highest BCUT2D eigenvalue weighted by molar-refractivity contribution is 4.99. The van der Waals surface area contributed by atoms with E-state index in [0.29, 0.717) is 0 Å². The van der Waals surface area contributed by atoms with Crippen molar-refractivity contribution in [2.45, 2.75) is 109 Å². The lowest BCUT2D eigenvalue weighted by Gasteiger charge is -2.49. The summed E-state index contributed by atoms with van der Waals surface area (Å²) in [6, 6.07) is 12.0. The van der Waals surface area contributed by atoms with Crippen molar-refractivity contribution < 1.29 is 0 Å². The Labute approximate surface area is 169 Å². The smallest absolute Gasteiger partial charge is 0.0406 e. The van der Waals surface area contributed by atoms with E-state index in [2.05, 4.69) is 0 Å².